The largest absolute Gasteiger partial charge is 0.298 e. The number of carbonyl (C=O) groups is 1. The van der Waals surface area contributed by atoms with Gasteiger partial charge in [0, 0.05) is 0 Å². The molecule has 0 aliphatic heterocycles. The maximum absolute atomic E-state index is 14.2. The van der Waals surface area contributed by atoms with Gasteiger partial charge in [-0.2, -0.15) is 0 Å². The van der Waals surface area contributed by atoms with Crippen LogP contribution in [0.15, 0.2) is 53.4 Å². The second-order valence-electron chi connectivity index (χ2n) is 3.99. The van der Waals surface area contributed by atoms with Crippen LogP contribution in [-0.4, -0.2) is 21.5 Å². The lowest BCUT2D eigenvalue weighted by Crippen LogP contribution is -2.31. The highest BCUT2D eigenvalue weighted by Gasteiger charge is 2.27. The van der Waals surface area contributed by atoms with Crippen molar-refractivity contribution in [1.29, 1.82) is 0 Å². The number of halogens is 2. The summed E-state index contributed by atoms with van der Waals surface area (Å²) in [5.41, 5.74) is -1.25. The zero-order valence-electron chi connectivity index (χ0n) is 11.7. The number of hydrogen-bond acceptors (Lipinski definition) is 3. The molecular formula is C14H11F2NO3S. The van der Waals surface area contributed by atoms with Crippen LogP contribution in [0.2, 0.25) is 0 Å². The summed E-state index contributed by atoms with van der Waals surface area (Å²) >= 11 is 0. The second-order valence-corrected chi connectivity index (χ2v) is 5.86. The molecule has 21 heavy (non-hydrogen) atoms. The Bertz CT molecular complexity index is 797. The first-order valence-corrected chi connectivity index (χ1v) is 7.25. The lowest BCUT2D eigenvalue weighted by atomic mass is 10.2. The van der Waals surface area contributed by atoms with Crippen molar-refractivity contribution in [2.24, 2.45) is 0 Å². The Morgan fingerprint density at radius 3 is 2.43 bits per heavy atom. The van der Waals surface area contributed by atoms with Gasteiger partial charge in [-0.15, -0.1) is 0 Å². The minimum atomic E-state index is -4.32. The number of carbonyl (C=O) groups excluding carboxylic acids is 1. The molecule has 0 atom stereocenters. The van der Waals surface area contributed by atoms with Gasteiger partial charge in [-0.05, 0) is 24.2 Å². The van der Waals surface area contributed by atoms with E-state index in [0.29, 0.717) is 0 Å². The van der Waals surface area contributed by atoms with E-state index in [1.165, 1.54) is 24.3 Å². The highest BCUT2D eigenvalue weighted by Crippen LogP contribution is 2.27. The monoisotopic (exact) mass is 313 g/mol. The molecule has 0 aromatic heterocycles. The first kappa shape index (κ1) is 13.7. The molecule has 0 unspecified atom stereocenters. The smallest absolute Gasteiger partial charge is 0.266 e. The van der Waals surface area contributed by atoms with Gasteiger partial charge in [-0.25, -0.2) is 21.5 Å². The number of sulfonamides is 1. The summed E-state index contributed by atoms with van der Waals surface area (Å²) in [4.78, 5) is 10.6. The molecule has 0 saturated carbocycles. The summed E-state index contributed by atoms with van der Waals surface area (Å²) in [5.74, 6) is -1.25. The molecule has 0 fully saturated rings. The van der Waals surface area contributed by atoms with Gasteiger partial charge in [0.05, 0.1) is 17.5 Å². The Morgan fingerprint density at radius 2 is 1.86 bits per heavy atom. The first-order chi connectivity index (χ1) is 10.4. The number of alkyl halides is 1. The van der Waals surface area contributed by atoms with E-state index in [1.807, 2.05) is 0 Å². The minimum Gasteiger partial charge on any atom is -0.298 e. The van der Waals surface area contributed by atoms with E-state index in [-0.39, 0.29) is 15.5 Å². The maximum atomic E-state index is 14.2. The van der Waals surface area contributed by atoms with Crippen LogP contribution in [0.4, 0.5) is 14.5 Å². The molecule has 7 heteroatoms. The molecule has 0 heterocycles. The van der Waals surface area contributed by atoms with Crippen LogP contribution in [0, 0.1) is 5.82 Å². The van der Waals surface area contributed by atoms with E-state index in [4.69, 9.17) is 1.37 Å². The first-order valence-electron chi connectivity index (χ1n) is 6.31. The summed E-state index contributed by atoms with van der Waals surface area (Å²) < 4.78 is 59.9. The van der Waals surface area contributed by atoms with Crippen molar-refractivity contribution >= 4 is 22.0 Å². The normalized spacial score (nSPS) is 11.8. The third kappa shape index (κ3) is 2.78. The third-order valence-corrected chi connectivity index (χ3v) is 4.51. The highest BCUT2D eigenvalue weighted by atomic mass is 32.2. The van der Waals surface area contributed by atoms with Crippen LogP contribution in [-0.2, 0) is 10.0 Å². The Labute approximate surface area is 122 Å². The van der Waals surface area contributed by atoms with Gasteiger partial charge in [0.2, 0.25) is 0 Å². The van der Waals surface area contributed by atoms with Crippen LogP contribution in [0.3, 0.4) is 0 Å². The van der Waals surface area contributed by atoms with Crippen molar-refractivity contribution in [3.63, 3.8) is 0 Å². The molecule has 0 N–H and O–H groups in total. The molecule has 4 nitrogen and oxygen atoms in total. The van der Waals surface area contributed by atoms with Crippen LogP contribution in [0.25, 0.3) is 0 Å². The molecular weight excluding hydrogens is 300 g/mol. The third-order valence-electron chi connectivity index (χ3n) is 2.77. The lowest BCUT2D eigenvalue weighted by Gasteiger charge is -2.21. The number of anilines is 1. The maximum Gasteiger partial charge on any atom is 0.266 e. The molecule has 2 aromatic carbocycles. The fourth-order valence-corrected chi connectivity index (χ4v) is 3.03. The quantitative estimate of drug-likeness (QED) is 0.630. The van der Waals surface area contributed by atoms with Crippen LogP contribution in [0.1, 0.15) is 11.7 Å². The zero-order chi connectivity index (χ0) is 16.3. The zero-order valence-corrected chi connectivity index (χ0v) is 11.5. The van der Waals surface area contributed by atoms with Crippen molar-refractivity contribution in [2.45, 2.75) is 4.90 Å². The van der Waals surface area contributed by atoms with E-state index in [1.54, 1.807) is 6.07 Å². The number of nitrogens with zero attached hydrogens (tertiary/aromatic N) is 1. The van der Waals surface area contributed by atoms with Crippen LogP contribution < -0.4 is 4.31 Å². The fourth-order valence-electron chi connectivity index (χ4n) is 1.74. The van der Waals surface area contributed by atoms with Gasteiger partial charge < -0.3 is 0 Å². The van der Waals surface area contributed by atoms with Crippen molar-refractivity contribution in [3.8, 4) is 0 Å². The van der Waals surface area contributed by atoms with E-state index in [2.05, 4.69) is 0 Å². The van der Waals surface area contributed by atoms with Gasteiger partial charge in [0.1, 0.15) is 0 Å². The van der Waals surface area contributed by atoms with E-state index in [9.17, 15) is 22.0 Å². The highest BCUT2D eigenvalue weighted by molar-refractivity contribution is 7.92. The van der Waals surface area contributed by atoms with E-state index >= 15 is 0 Å². The van der Waals surface area contributed by atoms with Gasteiger partial charge in [0.15, 0.2) is 18.9 Å². The molecule has 0 spiro atoms. The minimum absolute atomic E-state index is 0.0900. The predicted molar refractivity (Wildman–Crippen MR) is 73.9 cm³/mol. The Hall–Kier alpha value is -2.28. The van der Waals surface area contributed by atoms with Crippen molar-refractivity contribution < 1.29 is 23.4 Å². The SMILES string of the molecule is [3H]c1ccc(N(CF)S(=O)(=O)c2ccccc2)c(F)c1C=O. The van der Waals surface area contributed by atoms with Gasteiger partial charge >= 0.3 is 0 Å². The molecule has 0 aliphatic rings. The molecule has 0 bridgehead atoms. The van der Waals surface area contributed by atoms with Gasteiger partial charge in [-0.3, -0.25) is 4.79 Å². The summed E-state index contributed by atoms with van der Waals surface area (Å²) in [6.07, 6.45) is 0.0900. The van der Waals surface area contributed by atoms with E-state index < -0.39 is 39.9 Å². The molecule has 0 saturated heterocycles. The summed E-state index contributed by atoms with van der Waals surface area (Å²) in [5, 5.41) is 0. The van der Waals surface area contributed by atoms with Crippen LogP contribution >= 0.6 is 0 Å². The van der Waals surface area contributed by atoms with E-state index in [0.717, 1.165) is 12.1 Å². The molecule has 110 valence electrons. The molecule has 0 amide bonds. The summed E-state index contributed by atoms with van der Waals surface area (Å²) in [7, 11) is -4.32. The standard InChI is InChI=1S/C14H11F2NO3S/c15-10-17(13-8-4-5-11(9-18)14(13)16)21(19,20)12-6-2-1-3-7-12/h1-9H,10H2/i5T. The van der Waals surface area contributed by atoms with Crippen molar-refractivity contribution in [2.75, 3.05) is 11.1 Å². The van der Waals surface area contributed by atoms with Crippen LogP contribution in [0.5, 0.6) is 0 Å². The number of rotatable bonds is 5. The average molecular weight is 313 g/mol. The number of benzene rings is 2. The average Bonchev–Trinajstić information content (AvgIpc) is 2.51. The summed E-state index contributed by atoms with van der Waals surface area (Å²) in [6.45, 7) is -1.51. The fraction of sp³-hybridized carbons (Fsp3) is 0.0714. The second kappa shape index (κ2) is 6.01. The predicted octanol–water partition coefficient (Wildman–Crippen LogP) is 2.76. The Morgan fingerprint density at radius 1 is 1.19 bits per heavy atom. The van der Waals surface area contributed by atoms with Gasteiger partial charge in [-0.1, -0.05) is 24.3 Å². The van der Waals surface area contributed by atoms with Crippen molar-refractivity contribution in [1.82, 2.24) is 0 Å². The molecule has 2 rings (SSSR count). The summed E-state index contributed by atoms with van der Waals surface area (Å²) in [6, 6.07) is 8.54. The molecule has 2 aromatic rings. The Balaban J connectivity index is 2.61. The topological polar surface area (TPSA) is 54.5 Å². The van der Waals surface area contributed by atoms with Crippen molar-refractivity contribution in [3.05, 3.63) is 59.9 Å². The number of hydrogen-bond donors (Lipinski definition) is 0. The molecule has 0 radical (unpaired) electrons. The van der Waals surface area contributed by atoms with Gasteiger partial charge in [0.25, 0.3) is 10.0 Å². The lowest BCUT2D eigenvalue weighted by molar-refractivity contribution is 0.112. The molecule has 0 aliphatic carbocycles. The number of aldehydes is 1. The Kier molecular flexibility index (Phi) is 3.92.